The molecule has 3 aromatic carbocycles. The highest BCUT2D eigenvalue weighted by molar-refractivity contribution is 8.03. The lowest BCUT2D eigenvalue weighted by Gasteiger charge is -2.17. The zero-order chi connectivity index (χ0) is 15.7. The molecular weight excluding hydrogens is 304 g/mol. The summed E-state index contributed by atoms with van der Waals surface area (Å²) in [5, 5.41) is 6.63. The maximum atomic E-state index is 2.30. The third-order valence-electron chi connectivity index (χ3n) is 3.54. The highest BCUT2D eigenvalue weighted by Crippen LogP contribution is 2.42. The lowest BCUT2D eigenvalue weighted by molar-refractivity contribution is 1.09. The number of hydrogen-bond acceptors (Lipinski definition) is 2. The van der Waals surface area contributed by atoms with Gasteiger partial charge in [-0.2, -0.15) is 0 Å². The Morgan fingerprint density at radius 3 is 2.05 bits per heavy atom. The molecule has 0 amide bonds. The molecule has 0 saturated carbocycles. The van der Waals surface area contributed by atoms with E-state index in [0.29, 0.717) is 10.5 Å². The van der Waals surface area contributed by atoms with Gasteiger partial charge in [0.25, 0.3) is 0 Å². The molecule has 0 atom stereocenters. The molecular formula is C20H22S2. The summed E-state index contributed by atoms with van der Waals surface area (Å²) in [6.45, 7) is 9.08. The lowest BCUT2D eigenvalue weighted by Crippen LogP contribution is -1.94. The number of benzene rings is 3. The van der Waals surface area contributed by atoms with E-state index in [1.54, 1.807) is 0 Å². The summed E-state index contributed by atoms with van der Waals surface area (Å²) in [6, 6.07) is 17.8. The molecule has 22 heavy (non-hydrogen) atoms. The summed E-state index contributed by atoms with van der Waals surface area (Å²) >= 11 is 3.96. The van der Waals surface area contributed by atoms with Gasteiger partial charge in [-0.1, -0.05) is 70.2 Å². The van der Waals surface area contributed by atoms with Crippen molar-refractivity contribution in [3.05, 3.63) is 48.5 Å². The first-order chi connectivity index (χ1) is 10.6. The predicted octanol–water partition coefficient (Wildman–Crippen LogP) is 6.99. The minimum Gasteiger partial charge on any atom is -0.122 e. The predicted molar refractivity (Wildman–Crippen MR) is 103 cm³/mol. The molecule has 0 fully saturated rings. The number of rotatable bonds is 4. The van der Waals surface area contributed by atoms with Gasteiger partial charge in [-0.25, -0.2) is 0 Å². The SMILES string of the molecule is CC(C)Sc1ccc2ccc3ccccc3c2c1SC(C)C. The molecule has 0 heterocycles. The second kappa shape index (κ2) is 6.55. The molecule has 0 saturated heterocycles. The Kier molecular flexibility index (Phi) is 4.70. The molecule has 114 valence electrons. The van der Waals surface area contributed by atoms with Crippen LogP contribution in [0, 0.1) is 0 Å². The van der Waals surface area contributed by atoms with Crippen molar-refractivity contribution in [2.45, 2.75) is 48.0 Å². The fourth-order valence-corrected chi connectivity index (χ4v) is 4.90. The monoisotopic (exact) mass is 326 g/mol. The van der Waals surface area contributed by atoms with Crippen molar-refractivity contribution >= 4 is 45.1 Å². The Balaban J connectivity index is 2.35. The molecule has 3 aromatic rings. The van der Waals surface area contributed by atoms with E-state index >= 15 is 0 Å². The molecule has 3 rings (SSSR count). The van der Waals surface area contributed by atoms with E-state index < -0.39 is 0 Å². The second-order valence-electron chi connectivity index (χ2n) is 6.11. The van der Waals surface area contributed by atoms with Crippen LogP contribution in [0.15, 0.2) is 58.3 Å². The summed E-state index contributed by atoms with van der Waals surface area (Å²) in [6.07, 6.45) is 0. The van der Waals surface area contributed by atoms with Crippen LogP contribution in [-0.2, 0) is 0 Å². The minimum atomic E-state index is 0.580. The average molecular weight is 327 g/mol. The van der Waals surface area contributed by atoms with Crippen molar-refractivity contribution in [2.24, 2.45) is 0 Å². The van der Waals surface area contributed by atoms with Gasteiger partial charge in [-0.05, 0) is 22.2 Å². The van der Waals surface area contributed by atoms with Crippen LogP contribution in [0.2, 0.25) is 0 Å². The van der Waals surface area contributed by atoms with Crippen molar-refractivity contribution in [1.29, 1.82) is 0 Å². The van der Waals surface area contributed by atoms with E-state index in [1.165, 1.54) is 31.3 Å². The quantitative estimate of drug-likeness (QED) is 0.374. The largest absolute Gasteiger partial charge is 0.122 e. The number of hydrogen-bond donors (Lipinski definition) is 0. The van der Waals surface area contributed by atoms with Gasteiger partial charge < -0.3 is 0 Å². The van der Waals surface area contributed by atoms with Gasteiger partial charge >= 0.3 is 0 Å². The third kappa shape index (κ3) is 3.13. The molecule has 0 nitrogen and oxygen atoms in total. The molecule has 0 N–H and O–H groups in total. The summed E-state index contributed by atoms with van der Waals surface area (Å²) < 4.78 is 0. The maximum Gasteiger partial charge on any atom is 0.0295 e. The molecule has 2 heteroatoms. The molecule has 0 bridgehead atoms. The number of thioether (sulfide) groups is 2. The van der Waals surface area contributed by atoms with Crippen molar-refractivity contribution in [2.75, 3.05) is 0 Å². The second-order valence-corrected chi connectivity index (χ2v) is 9.32. The van der Waals surface area contributed by atoms with E-state index in [0.717, 1.165) is 0 Å². The molecule has 0 aliphatic rings. The third-order valence-corrected chi connectivity index (χ3v) is 5.87. The van der Waals surface area contributed by atoms with Gasteiger partial charge in [0.1, 0.15) is 0 Å². The molecule has 0 unspecified atom stereocenters. The van der Waals surface area contributed by atoms with Crippen LogP contribution in [0.5, 0.6) is 0 Å². The van der Waals surface area contributed by atoms with E-state index in [9.17, 15) is 0 Å². The molecule has 0 aliphatic heterocycles. The average Bonchev–Trinajstić information content (AvgIpc) is 2.48. The first kappa shape index (κ1) is 15.8. The van der Waals surface area contributed by atoms with Crippen LogP contribution in [0.4, 0.5) is 0 Å². The van der Waals surface area contributed by atoms with E-state index in [2.05, 4.69) is 76.2 Å². The van der Waals surface area contributed by atoms with Gasteiger partial charge in [-0.3, -0.25) is 0 Å². The summed E-state index contributed by atoms with van der Waals surface area (Å²) in [7, 11) is 0. The van der Waals surface area contributed by atoms with Gasteiger partial charge in [0.2, 0.25) is 0 Å². The Hall–Kier alpha value is -1.12. The minimum absolute atomic E-state index is 0.580. The Morgan fingerprint density at radius 2 is 1.32 bits per heavy atom. The Labute approximate surface area is 141 Å². The molecule has 0 aliphatic carbocycles. The van der Waals surface area contributed by atoms with Crippen molar-refractivity contribution in [1.82, 2.24) is 0 Å². The summed E-state index contributed by atoms with van der Waals surface area (Å²) in [4.78, 5) is 2.86. The normalized spacial score (nSPS) is 11.9. The van der Waals surface area contributed by atoms with Gasteiger partial charge in [0.15, 0.2) is 0 Å². The van der Waals surface area contributed by atoms with Crippen LogP contribution in [-0.4, -0.2) is 10.5 Å². The topological polar surface area (TPSA) is 0 Å². The van der Waals surface area contributed by atoms with E-state index in [1.807, 2.05) is 23.5 Å². The fourth-order valence-electron chi connectivity index (χ4n) is 2.74. The standard InChI is InChI=1S/C20H22S2/c1-13(2)21-18-12-11-16-10-9-15-7-5-6-8-17(15)19(16)20(18)22-14(3)4/h5-14H,1-4H3. The fraction of sp³-hybridized carbons (Fsp3) is 0.300. The van der Waals surface area contributed by atoms with Crippen molar-refractivity contribution in [3.8, 4) is 0 Å². The first-order valence-electron chi connectivity index (χ1n) is 7.84. The summed E-state index contributed by atoms with van der Waals surface area (Å²) in [5.41, 5.74) is 0. The van der Waals surface area contributed by atoms with Gasteiger partial charge in [0.05, 0.1) is 0 Å². The zero-order valence-electron chi connectivity index (χ0n) is 13.6. The molecule has 0 radical (unpaired) electrons. The van der Waals surface area contributed by atoms with Crippen LogP contribution in [0.25, 0.3) is 21.5 Å². The van der Waals surface area contributed by atoms with Crippen LogP contribution < -0.4 is 0 Å². The maximum absolute atomic E-state index is 2.30. The highest BCUT2D eigenvalue weighted by Gasteiger charge is 2.14. The van der Waals surface area contributed by atoms with E-state index in [-0.39, 0.29) is 0 Å². The van der Waals surface area contributed by atoms with Crippen LogP contribution in [0.3, 0.4) is 0 Å². The van der Waals surface area contributed by atoms with Gasteiger partial charge in [-0.15, -0.1) is 23.5 Å². The van der Waals surface area contributed by atoms with Crippen molar-refractivity contribution < 1.29 is 0 Å². The Bertz CT molecular complexity index is 803. The van der Waals surface area contributed by atoms with Crippen LogP contribution in [0.1, 0.15) is 27.7 Å². The highest BCUT2D eigenvalue weighted by atomic mass is 32.2. The summed E-state index contributed by atoms with van der Waals surface area (Å²) in [5.74, 6) is 0. The lowest BCUT2D eigenvalue weighted by atomic mass is 10.0. The van der Waals surface area contributed by atoms with E-state index in [4.69, 9.17) is 0 Å². The smallest absolute Gasteiger partial charge is 0.0295 e. The van der Waals surface area contributed by atoms with Gasteiger partial charge in [0, 0.05) is 25.7 Å². The van der Waals surface area contributed by atoms with Crippen LogP contribution >= 0.6 is 23.5 Å². The first-order valence-corrected chi connectivity index (χ1v) is 9.60. The van der Waals surface area contributed by atoms with Crippen molar-refractivity contribution in [3.63, 3.8) is 0 Å². The number of fused-ring (bicyclic) bond motifs is 3. The zero-order valence-corrected chi connectivity index (χ0v) is 15.2. The molecule has 0 spiro atoms. The molecule has 0 aromatic heterocycles. The Morgan fingerprint density at radius 1 is 0.682 bits per heavy atom.